The quantitative estimate of drug-likeness (QED) is 0.316. The number of nitrogens with two attached hydrogens (primary N) is 1. The number of carbonyl (C=O) groups is 2. The number of aliphatic hydroxyl groups excluding tert-OH is 1. The fourth-order valence-electron chi connectivity index (χ4n) is 3.88. The van der Waals surface area contributed by atoms with E-state index in [1.165, 1.54) is 24.0 Å². The number of hydroxylamine groups is 1. The minimum atomic E-state index is -4.48. The first kappa shape index (κ1) is 24.1. The summed E-state index contributed by atoms with van der Waals surface area (Å²) in [5, 5.41) is 30.3. The van der Waals surface area contributed by atoms with E-state index < -0.39 is 47.1 Å². The van der Waals surface area contributed by atoms with E-state index in [0.29, 0.717) is 5.56 Å². The van der Waals surface area contributed by atoms with E-state index in [9.17, 15) is 33.0 Å². The van der Waals surface area contributed by atoms with Gasteiger partial charge in [0.2, 0.25) is 11.8 Å². The summed E-state index contributed by atoms with van der Waals surface area (Å²) in [5.41, 5.74) is 4.73. The molecule has 10 heteroatoms. The van der Waals surface area contributed by atoms with Crippen molar-refractivity contribution in [2.24, 2.45) is 17.6 Å². The van der Waals surface area contributed by atoms with Crippen molar-refractivity contribution in [1.29, 1.82) is 0 Å². The fourth-order valence-corrected chi connectivity index (χ4v) is 3.88. The number of primary amides is 1. The molecule has 0 aliphatic heterocycles. The third kappa shape index (κ3) is 6.16. The Kier molecular flexibility index (Phi) is 7.84. The van der Waals surface area contributed by atoms with Gasteiger partial charge in [-0.15, -0.1) is 0 Å². The normalized spacial score (nSPS) is 24.1. The van der Waals surface area contributed by atoms with E-state index in [2.05, 4.69) is 0 Å². The lowest BCUT2D eigenvalue weighted by Crippen LogP contribution is -2.50. The maximum absolute atomic E-state index is 12.8. The molecule has 0 bridgehead atoms. The molecule has 0 saturated heterocycles. The summed E-state index contributed by atoms with van der Waals surface area (Å²) in [4.78, 5) is 23.4. The van der Waals surface area contributed by atoms with E-state index in [4.69, 9.17) is 10.9 Å². The molecule has 1 fully saturated rings. The second-order valence-electron chi connectivity index (χ2n) is 7.75. The number of halogens is 3. The zero-order valence-electron chi connectivity index (χ0n) is 16.2. The van der Waals surface area contributed by atoms with E-state index in [1.807, 2.05) is 0 Å². The lowest BCUT2D eigenvalue weighted by Gasteiger charge is -2.40. The number of rotatable bonds is 8. The van der Waals surface area contributed by atoms with Crippen LogP contribution in [0.3, 0.4) is 0 Å². The molecule has 2 unspecified atom stereocenters. The largest absolute Gasteiger partial charge is 0.416 e. The maximum Gasteiger partial charge on any atom is 0.416 e. The van der Waals surface area contributed by atoms with Gasteiger partial charge in [-0.25, -0.2) is 5.48 Å². The van der Waals surface area contributed by atoms with Crippen LogP contribution in [0.4, 0.5) is 13.2 Å². The third-order valence-corrected chi connectivity index (χ3v) is 5.69. The molecule has 1 radical (unpaired) electrons. The molecule has 1 aromatic rings. The highest BCUT2D eigenvalue weighted by Crippen LogP contribution is 2.39. The molecule has 2 rings (SSSR count). The first-order valence-corrected chi connectivity index (χ1v) is 9.59. The molecule has 167 valence electrons. The van der Waals surface area contributed by atoms with Crippen LogP contribution in [0.5, 0.6) is 0 Å². The first-order chi connectivity index (χ1) is 14.0. The van der Waals surface area contributed by atoms with Crippen molar-refractivity contribution in [2.45, 2.75) is 56.4 Å². The minimum Gasteiger partial charge on any atom is -0.393 e. The van der Waals surface area contributed by atoms with Crippen LogP contribution in [0.2, 0.25) is 0 Å². The number of hydrogen-bond acceptors (Lipinski definition) is 5. The molecule has 1 saturated carbocycles. The van der Waals surface area contributed by atoms with Crippen molar-refractivity contribution in [2.75, 3.05) is 0 Å². The number of hydrogen-bond donors (Lipinski definition) is 5. The predicted molar refractivity (Wildman–Crippen MR) is 99.6 cm³/mol. The van der Waals surface area contributed by atoms with Gasteiger partial charge in [-0.2, -0.15) is 13.2 Å². The van der Waals surface area contributed by atoms with Gasteiger partial charge in [-0.3, -0.25) is 14.8 Å². The van der Waals surface area contributed by atoms with Crippen molar-refractivity contribution in [1.82, 2.24) is 5.48 Å². The van der Waals surface area contributed by atoms with Crippen LogP contribution in [0.25, 0.3) is 0 Å². The van der Waals surface area contributed by atoms with Gasteiger partial charge in [0.1, 0.15) is 0 Å². The van der Waals surface area contributed by atoms with Gasteiger partial charge in [0, 0.05) is 5.92 Å². The summed E-state index contributed by atoms with van der Waals surface area (Å²) >= 11 is 0. The van der Waals surface area contributed by atoms with E-state index in [0.717, 1.165) is 12.1 Å². The molecular weight excluding hydrogens is 405 g/mol. The summed E-state index contributed by atoms with van der Waals surface area (Å²) in [5.74, 6) is -2.97. The minimum absolute atomic E-state index is 0.0146. The maximum atomic E-state index is 12.8. The average Bonchev–Trinajstić information content (AvgIpc) is 2.69. The van der Waals surface area contributed by atoms with Crippen molar-refractivity contribution >= 4 is 11.8 Å². The molecule has 0 aromatic heterocycles. The highest BCUT2D eigenvalue weighted by Gasteiger charge is 2.45. The van der Waals surface area contributed by atoms with Crippen LogP contribution < -0.4 is 11.2 Å². The zero-order valence-corrected chi connectivity index (χ0v) is 16.2. The van der Waals surface area contributed by atoms with E-state index >= 15 is 0 Å². The number of carbonyl (C=O) groups excluding carboxylic acids is 2. The Morgan fingerprint density at radius 2 is 1.93 bits per heavy atom. The third-order valence-electron chi connectivity index (χ3n) is 5.69. The zero-order chi connectivity index (χ0) is 22.5. The number of aliphatic hydroxyl groups is 2. The van der Waals surface area contributed by atoms with Crippen molar-refractivity contribution in [3.63, 3.8) is 0 Å². The van der Waals surface area contributed by atoms with Crippen LogP contribution in [-0.2, 0) is 22.2 Å². The molecule has 0 spiro atoms. The van der Waals surface area contributed by atoms with Crippen LogP contribution in [0.1, 0.15) is 43.2 Å². The molecule has 30 heavy (non-hydrogen) atoms. The monoisotopic (exact) mass is 431 g/mol. The second-order valence-corrected chi connectivity index (χ2v) is 7.75. The molecule has 1 aromatic carbocycles. The molecule has 6 N–H and O–H groups in total. The van der Waals surface area contributed by atoms with Gasteiger partial charge in [0.25, 0.3) is 0 Å². The average molecular weight is 431 g/mol. The lowest BCUT2D eigenvalue weighted by molar-refractivity contribution is -0.150. The molecule has 2 atom stereocenters. The van der Waals surface area contributed by atoms with Crippen molar-refractivity contribution in [3.05, 3.63) is 41.8 Å². The predicted octanol–water partition coefficient (Wildman–Crippen LogP) is 1.73. The molecule has 2 amide bonds. The summed E-state index contributed by atoms with van der Waals surface area (Å²) in [7, 11) is 0. The molecular formula is C20H26F3N2O5. The fraction of sp³-hybridized carbons (Fsp3) is 0.550. The first-order valence-electron chi connectivity index (χ1n) is 9.59. The Balaban J connectivity index is 2.01. The molecule has 0 heterocycles. The highest BCUT2D eigenvalue weighted by molar-refractivity contribution is 5.79. The molecule has 7 nitrogen and oxygen atoms in total. The van der Waals surface area contributed by atoms with Crippen LogP contribution in [0.15, 0.2) is 24.3 Å². The van der Waals surface area contributed by atoms with Crippen LogP contribution in [0, 0.1) is 18.3 Å². The number of amides is 2. The summed E-state index contributed by atoms with van der Waals surface area (Å²) in [6.07, 6.45) is -3.89. The van der Waals surface area contributed by atoms with Gasteiger partial charge >= 0.3 is 6.18 Å². The van der Waals surface area contributed by atoms with Gasteiger partial charge in [-0.1, -0.05) is 18.2 Å². The Hall–Kier alpha value is -2.17. The van der Waals surface area contributed by atoms with Crippen molar-refractivity contribution < 1.29 is 38.2 Å². The van der Waals surface area contributed by atoms with Gasteiger partial charge < -0.3 is 15.9 Å². The second kappa shape index (κ2) is 9.76. The number of benzene rings is 1. The van der Waals surface area contributed by atoms with E-state index in [-0.39, 0.29) is 38.5 Å². The van der Waals surface area contributed by atoms with Gasteiger partial charge in [-0.05, 0) is 56.6 Å². The Morgan fingerprint density at radius 1 is 1.30 bits per heavy atom. The summed E-state index contributed by atoms with van der Waals surface area (Å²) in [6, 6.07) is 4.66. The summed E-state index contributed by atoms with van der Waals surface area (Å²) < 4.78 is 38.4. The molecule has 1 aliphatic rings. The molecule has 1 aliphatic carbocycles. The Bertz CT molecular complexity index is 748. The smallest absolute Gasteiger partial charge is 0.393 e. The standard InChI is InChI=1S/C20H26F3N2O5/c21-20(22,23)14-3-1-2-12(10-14)4-5-15(26)11-16(18(28)25-30)19(29)8-6-13(7-9-19)17(24)27/h1-3,5,10,13,15-16,26,29-30H,4,6-9,11H2,(H2,24,27)(H,25,28). The number of alkyl halides is 3. The van der Waals surface area contributed by atoms with Gasteiger partial charge in [0.05, 0.1) is 23.2 Å². The lowest BCUT2D eigenvalue weighted by atomic mass is 9.70. The van der Waals surface area contributed by atoms with Crippen LogP contribution >= 0.6 is 0 Å². The topological polar surface area (TPSA) is 133 Å². The van der Waals surface area contributed by atoms with Crippen molar-refractivity contribution in [3.8, 4) is 0 Å². The Morgan fingerprint density at radius 3 is 2.47 bits per heavy atom. The van der Waals surface area contributed by atoms with E-state index in [1.54, 1.807) is 0 Å². The summed E-state index contributed by atoms with van der Waals surface area (Å²) in [6.45, 7) is 0. The van der Waals surface area contributed by atoms with Gasteiger partial charge in [0.15, 0.2) is 0 Å². The number of nitrogens with one attached hydrogen (secondary N) is 1. The SMILES string of the molecule is NC(=O)C1CCC(O)(C(CC(O)[CH]Cc2cccc(C(F)(F)F)c2)C(=O)NO)CC1. The highest BCUT2D eigenvalue weighted by atomic mass is 19.4. The van der Waals surface area contributed by atoms with Crippen LogP contribution in [-0.4, -0.2) is 38.9 Å². The Labute approximate surface area is 172 Å².